The molecule has 6 heteroatoms. The van der Waals surface area contributed by atoms with Gasteiger partial charge in [-0.2, -0.15) is 5.10 Å². The van der Waals surface area contributed by atoms with E-state index in [1.165, 1.54) is 0 Å². The van der Waals surface area contributed by atoms with Crippen LogP contribution in [0.4, 0.5) is 5.82 Å². The number of aryl methyl sites for hydroxylation is 1. The first-order valence-corrected chi connectivity index (χ1v) is 5.90. The molecule has 0 aromatic carbocycles. The van der Waals surface area contributed by atoms with Crippen molar-refractivity contribution < 1.29 is 4.74 Å². The third-order valence-electron chi connectivity index (χ3n) is 2.26. The first-order chi connectivity index (χ1) is 8.19. The van der Waals surface area contributed by atoms with E-state index in [1.807, 2.05) is 25.4 Å². The van der Waals surface area contributed by atoms with Gasteiger partial charge in [-0.3, -0.25) is 4.68 Å². The zero-order chi connectivity index (χ0) is 12.3. The molecular weight excluding hydrogens is 284 g/mol. The first kappa shape index (κ1) is 11.9. The fraction of sp³-hybridized carbons (Fsp3) is 0.273. The van der Waals surface area contributed by atoms with Crippen molar-refractivity contribution in [2.24, 2.45) is 7.05 Å². The van der Waals surface area contributed by atoms with E-state index in [-0.39, 0.29) is 0 Å². The van der Waals surface area contributed by atoms with Gasteiger partial charge in [-0.25, -0.2) is 4.98 Å². The van der Waals surface area contributed by atoms with Crippen molar-refractivity contribution in [3.05, 3.63) is 34.7 Å². The number of halogens is 1. The third kappa shape index (κ3) is 2.97. The average Bonchev–Trinajstić information content (AvgIpc) is 2.65. The lowest BCUT2D eigenvalue weighted by Gasteiger charge is -2.05. The summed E-state index contributed by atoms with van der Waals surface area (Å²) in [6, 6.07) is 3.65. The summed E-state index contributed by atoms with van der Waals surface area (Å²) < 4.78 is 7.87. The second-order valence-corrected chi connectivity index (χ2v) is 4.39. The minimum atomic E-state index is 0.613. The number of rotatable bonds is 4. The Morgan fingerprint density at radius 1 is 1.53 bits per heavy atom. The number of aromatic nitrogens is 3. The Morgan fingerprint density at radius 2 is 2.35 bits per heavy atom. The minimum Gasteiger partial charge on any atom is -0.497 e. The highest BCUT2D eigenvalue weighted by atomic mass is 79.9. The van der Waals surface area contributed by atoms with Crippen LogP contribution in [0.15, 0.2) is 29.0 Å². The molecule has 0 amide bonds. The Labute approximate surface area is 108 Å². The maximum Gasteiger partial charge on any atom is 0.129 e. The first-order valence-electron chi connectivity index (χ1n) is 5.11. The summed E-state index contributed by atoms with van der Waals surface area (Å²) in [6.45, 7) is 0.613. The number of hydrogen-bond acceptors (Lipinski definition) is 4. The van der Waals surface area contributed by atoms with Gasteiger partial charge in [-0.1, -0.05) is 0 Å². The summed E-state index contributed by atoms with van der Waals surface area (Å²) >= 11 is 3.45. The summed E-state index contributed by atoms with van der Waals surface area (Å²) in [5.74, 6) is 1.55. The fourth-order valence-electron chi connectivity index (χ4n) is 1.43. The smallest absolute Gasteiger partial charge is 0.129 e. The number of nitrogens with one attached hydrogen (secondary N) is 1. The largest absolute Gasteiger partial charge is 0.497 e. The number of pyridine rings is 1. The highest BCUT2D eigenvalue weighted by Crippen LogP contribution is 2.17. The molecule has 2 aromatic heterocycles. The standard InChI is InChI=1S/C11H13BrN4O/c1-16-7-9(12)10(15-16)6-14-11-5-8(17-2)3-4-13-11/h3-5,7H,6H2,1-2H3,(H,13,14). The summed E-state index contributed by atoms with van der Waals surface area (Å²) in [6.07, 6.45) is 3.62. The van der Waals surface area contributed by atoms with Crippen molar-refractivity contribution in [3.63, 3.8) is 0 Å². The lowest BCUT2D eigenvalue weighted by molar-refractivity contribution is 0.414. The molecule has 0 fully saturated rings. The van der Waals surface area contributed by atoms with Gasteiger partial charge in [0.25, 0.3) is 0 Å². The molecule has 17 heavy (non-hydrogen) atoms. The molecule has 2 aromatic rings. The molecule has 1 N–H and O–H groups in total. The van der Waals surface area contributed by atoms with E-state index in [1.54, 1.807) is 18.0 Å². The molecule has 0 saturated carbocycles. The van der Waals surface area contributed by atoms with Gasteiger partial charge >= 0.3 is 0 Å². The Balaban J connectivity index is 2.04. The van der Waals surface area contributed by atoms with Gasteiger partial charge in [-0.05, 0) is 22.0 Å². The van der Waals surface area contributed by atoms with E-state index in [2.05, 4.69) is 31.3 Å². The summed E-state index contributed by atoms with van der Waals surface area (Å²) in [5, 5.41) is 7.51. The number of methoxy groups -OCH3 is 1. The molecular formula is C11H13BrN4O. The Morgan fingerprint density at radius 3 is 3.00 bits per heavy atom. The molecule has 2 rings (SSSR count). The van der Waals surface area contributed by atoms with Crippen molar-refractivity contribution in [2.45, 2.75) is 6.54 Å². The predicted octanol–water partition coefficient (Wildman–Crippen LogP) is 2.20. The maximum atomic E-state index is 5.13. The van der Waals surface area contributed by atoms with Crippen LogP contribution in [0.1, 0.15) is 5.69 Å². The van der Waals surface area contributed by atoms with Crippen LogP contribution < -0.4 is 10.1 Å². The monoisotopic (exact) mass is 296 g/mol. The van der Waals surface area contributed by atoms with E-state index in [0.29, 0.717) is 6.54 Å². The molecule has 0 spiro atoms. The van der Waals surface area contributed by atoms with Crippen LogP contribution >= 0.6 is 15.9 Å². The van der Waals surface area contributed by atoms with Crippen LogP contribution in [-0.4, -0.2) is 21.9 Å². The summed E-state index contributed by atoms with van der Waals surface area (Å²) in [5.41, 5.74) is 0.942. The highest BCUT2D eigenvalue weighted by Gasteiger charge is 2.05. The zero-order valence-electron chi connectivity index (χ0n) is 9.64. The lowest BCUT2D eigenvalue weighted by atomic mass is 10.4. The van der Waals surface area contributed by atoms with E-state index in [4.69, 9.17) is 4.74 Å². The summed E-state index contributed by atoms with van der Waals surface area (Å²) in [4.78, 5) is 4.20. The van der Waals surface area contributed by atoms with Crippen molar-refractivity contribution >= 4 is 21.7 Å². The van der Waals surface area contributed by atoms with Crippen LogP contribution in [0.2, 0.25) is 0 Å². The second-order valence-electron chi connectivity index (χ2n) is 3.53. The fourth-order valence-corrected chi connectivity index (χ4v) is 1.95. The quantitative estimate of drug-likeness (QED) is 0.940. The average molecular weight is 297 g/mol. The molecule has 0 radical (unpaired) electrons. The second kappa shape index (κ2) is 5.18. The van der Waals surface area contributed by atoms with Gasteiger partial charge in [0.2, 0.25) is 0 Å². The number of nitrogens with zero attached hydrogens (tertiary/aromatic N) is 3. The minimum absolute atomic E-state index is 0.613. The Bertz CT molecular complexity index is 512. The molecule has 0 aliphatic heterocycles. The zero-order valence-corrected chi connectivity index (χ0v) is 11.2. The van der Waals surface area contributed by atoms with Crippen molar-refractivity contribution in [1.82, 2.24) is 14.8 Å². The SMILES string of the molecule is COc1ccnc(NCc2nn(C)cc2Br)c1. The molecule has 2 heterocycles. The number of anilines is 1. The van der Waals surface area contributed by atoms with E-state index in [9.17, 15) is 0 Å². The molecule has 0 unspecified atom stereocenters. The maximum absolute atomic E-state index is 5.13. The Hall–Kier alpha value is -1.56. The number of hydrogen-bond donors (Lipinski definition) is 1. The highest BCUT2D eigenvalue weighted by molar-refractivity contribution is 9.10. The van der Waals surface area contributed by atoms with Crippen LogP contribution in [-0.2, 0) is 13.6 Å². The van der Waals surface area contributed by atoms with Crippen molar-refractivity contribution in [2.75, 3.05) is 12.4 Å². The van der Waals surface area contributed by atoms with Gasteiger partial charge in [0.05, 0.1) is 23.8 Å². The van der Waals surface area contributed by atoms with Crippen molar-refractivity contribution in [3.8, 4) is 5.75 Å². The van der Waals surface area contributed by atoms with E-state index >= 15 is 0 Å². The van der Waals surface area contributed by atoms with Crippen LogP contribution in [0, 0.1) is 0 Å². The third-order valence-corrected chi connectivity index (χ3v) is 2.92. The molecule has 0 bridgehead atoms. The number of ether oxygens (including phenoxy) is 1. The van der Waals surface area contributed by atoms with Crippen molar-refractivity contribution in [1.29, 1.82) is 0 Å². The van der Waals surface area contributed by atoms with Gasteiger partial charge in [0.1, 0.15) is 11.6 Å². The van der Waals surface area contributed by atoms with Gasteiger partial charge in [-0.15, -0.1) is 0 Å². The summed E-state index contributed by atoms with van der Waals surface area (Å²) in [7, 11) is 3.52. The van der Waals surface area contributed by atoms with Crippen LogP contribution in [0.3, 0.4) is 0 Å². The molecule has 5 nitrogen and oxygen atoms in total. The molecule has 0 saturated heterocycles. The van der Waals surface area contributed by atoms with Gasteiger partial charge < -0.3 is 10.1 Å². The topological polar surface area (TPSA) is 52.0 Å². The van der Waals surface area contributed by atoms with Gasteiger partial charge in [0.15, 0.2) is 0 Å². The predicted molar refractivity (Wildman–Crippen MR) is 69.0 cm³/mol. The van der Waals surface area contributed by atoms with E-state index < -0.39 is 0 Å². The molecule has 0 aliphatic carbocycles. The molecule has 0 atom stereocenters. The van der Waals surface area contributed by atoms with E-state index in [0.717, 1.165) is 21.7 Å². The lowest BCUT2D eigenvalue weighted by Crippen LogP contribution is -2.03. The molecule has 0 aliphatic rings. The Kier molecular flexibility index (Phi) is 3.63. The molecule has 90 valence electrons. The van der Waals surface area contributed by atoms with Crippen LogP contribution in [0.5, 0.6) is 5.75 Å². The van der Waals surface area contributed by atoms with Crippen LogP contribution in [0.25, 0.3) is 0 Å². The van der Waals surface area contributed by atoms with Gasteiger partial charge in [0, 0.05) is 25.5 Å². The normalized spacial score (nSPS) is 10.3.